The van der Waals surface area contributed by atoms with Gasteiger partial charge in [-0.1, -0.05) is 6.07 Å². The number of hydrogen-bond acceptors (Lipinski definition) is 4. The van der Waals surface area contributed by atoms with Crippen LogP contribution in [0.4, 0.5) is 4.39 Å². The van der Waals surface area contributed by atoms with Gasteiger partial charge in [0.25, 0.3) is 5.91 Å². The maximum Gasteiger partial charge on any atom is 0.251 e. The van der Waals surface area contributed by atoms with Crippen molar-refractivity contribution in [2.75, 3.05) is 19.8 Å². The summed E-state index contributed by atoms with van der Waals surface area (Å²) in [4.78, 5) is 24.0. The van der Waals surface area contributed by atoms with Gasteiger partial charge in [-0.3, -0.25) is 9.59 Å². The van der Waals surface area contributed by atoms with Crippen LogP contribution >= 0.6 is 0 Å². The molecule has 1 aliphatic rings. The second-order valence-corrected chi connectivity index (χ2v) is 5.88. The predicted molar refractivity (Wildman–Crippen MR) is 92.7 cm³/mol. The third-order valence-electron chi connectivity index (χ3n) is 3.96. The van der Waals surface area contributed by atoms with Crippen molar-refractivity contribution < 1.29 is 23.5 Å². The number of hydrogen-bond donors (Lipinski definition) is 2. The Morgan fingerprint density at radius 1 is 1.08 bits per heavy atom. The lowest BCUT2D eigenvalue weighted by atomic mass is 10.1. The first-order valence-electron chi connectivity index (χ1n) is 8.25. The first-order valence-corrected chi connectivity index (χ1v) is 8.25. The third-order valence-corrected chi connectivity index (χ3v) is 3.96. The fourth-order valence-electron chi connectivity index (χ4n) is 2.57. The predicted octanol–water partition coefficient (Wildman–Crippen LogP) is 2.20. The van der Waals surface area contributed by atoms with Gasteiger partial charge in [0.2, 0.25) is 5.91 Å². The second kappa shape index (κ2) is 7.86. The SMILES string of the molecule is C[C@H](NC(=O)CNC(=O)c1ccc(F)cc1)c1ccc2c(c1)OCCO2. The van der Waals surface area contributed by atoms with E-state index in [9.17, 15) is 14.0 Å². The van der Waals surface area contributed by atoms with Gasteiger partial charge in [-0.25, -0.2) is 4.39 Å². The average Bonchev–Trinajstić information content (AvgIpc) is 2.66. The molecule has 1 atom stereocenters. The fourth-order valence-corrected chi connectivity index (χ4v) is 2.57. The van der Waals surface area contributed by atoms with E-state index in [1.54, 1.807) is 0 Å². The van der Waals surface area contributed by atoms with E-state index < -0.39 is 11.7 Å². The highest BCUT2D eigenvalue weighted by atomic mass is 19.1. The molecule has 2 N–H and O–H groups in total. The Labute approximate surface area is 150 Å². The van der Waals surface area contributed by atoms with E-state index in [0.717, 1.165) is 5.56 Å². The summed E-state index contributed by atoms with van der Waals surface area (Å²) in [5.74, 6) is 0.145. The van der Waals surface area contributed by atoms with Crippen molar-refractivity contribution in [1.82, 2.24) is 10.6 Å². The zero-order valence-electron chi connectivity index (χ0n) is 14.3. The van der Waals surface area contributed by atoms with Gasteiger partial charge in [0.15, 0.2) is 11.5 Å². The highest BCUT2D eigenvalue weighted by molar-refractivity contribution is 5.96. The molecule has 1 aliphatic heterocycles. The number of benzene rings is 2. The van der Waals surface area contributed by atoms with Crippen molar-refractivity contribution in [3.63, 3.8) is 0 Å². The summed E-state index contributed by atoms with van der Waals surface area (Å²) in [5, 5.41) is 5.32. The van der Waals surface area contributed by atoms with Crippen LogP contribution in [0.25, 0.3) is 0 Å². The third kappa shape index (κ3) is 4.30. The fraction of sp³-hybridized carbons (Fsp3) is 0.263. The number of nitrogens with one attached hydrogen (secondary N) is 2. The van der Waals surface area contributed by atoms with Crippen LogP contribution in [0.5, 0.6) is 11.5 Å². The lowest BCUT2D eigenvalue weighted by Gasteiger charge is -2.21. The van der Waals surface area contributed by atoms with Crippen molar-refractivity contribution in [2.45, 2.75) is 13.0 Å². The largest absolute Gasteiger partial charge is 0.486 e. The molecule has 0 radical (unpaired) electrons. The Balaban J connectivity index is 1.52. The van der Waals surface area contributed by atoms with Gasteiger partial charge in [0, 0.05) is 5.56 Å². The molecule has 2 amide bonds. The minimum absolute atomic E-state index is 0.175. The van der Waals surface area contributed by atoms with Gasteiger partial charge >= 0.3 is 0 Å². The van der Waals surface area contributed by atoms with Crippen LogP contribution in [0.1, 0.15) is 28.9 Å². The summed E-state index contributed by atoms with van der Waals surface area (Å²) in [5.41, 5.74) is 1.16. The van der Waals surface area contributed by atoms with E-state index in [1.807, 2.05) is 25.1 Å². The van der Waals surface area contributed by atoms with Gasteiger partial charge < -0.3 is 20.1 Å². The number of halogens is 1. The Hall–Kier alpha value is -3.09. The van der Waals surface area contributed by atoms with Crippen molar-refractivity contribution >= 4 is 11.8 Å². The Kier molecular flexibility index (Phi) is 5.36. The first kappa shape index (κ1) is 17.7. The molecule has 0 saturated carbocycles. The smallest absolute Gasteiger partial charge is 0.251 e. The van der Waals surface area contributed by atoms with Crippen LogP contribution in [0.2, 0.25) is 0 Å². The number of fused-ring (bicyclic) bond motifs is 1. The molecule has 3 rings (SSSR count). The van der Waals surface area contributed by atoms with E-state index in [4.69, 9.17) is 9.47 Å². The molecule has 1 heterocycles. The van der Waals surface area contributed by atoms with Gasteiger partial charge in [0.1, 0.15) is 19.0 Å². The van der Waals surface area contributed by atoms with Crippen LogP contribution in [-0.4, -0.2) is 31.6 Å². The van der Waals surface area contributed by atoms with E-state index in [1.165, 1.54) is 24.3 Å². The summed E-state index contributed by atoms with van der Waals surface area (Å²) >= 11 is 0. The quantitative estimate of drug-likeness (QED) is 0.859. The monoisotopic (exact) mass is 358 g/mol. The number of rotatable bonds is 5. The van der Waals surface area contributed by atoms with Crippen molar-refractivity contribution in [3.8, 4) is 11.5 Å². The van der Waals surface area contributed by atoms with E-state index in [-0.39, 0.29) is 18.5 Å². The standard InChI is InChI=1S/C19H19FN2O4/c1-12(14-4-7-16-17(10-14)26-9-8-25-16)22-18(23)11-21-19(24)13-2-5-15(20)6-3-13/h2-7,10,12H,8-9,11H2,1H3,(H,21,24)(H,22,23)/t12-/m0/s1. The van der Waals surface area contributed by atoms with Crippen molar-refractivity contribution in [2.24, 2.45) is 0 Å². The molecule has 0 unspecified atom stereocenters. The molecule has 0 aromatic heterocycles. The topological polar surface area (TPSA) is 76.7 Å². The molecule has 136 valence electrons. The molecule has 26 heavy (non-hydrogen) atoms. The highest BCUT2D eigenvalue weighted by Gasteiger charge is 2.16. The molecular weight excluding hydrogens is 339 g/mol. The van der Waals surface area contributed by atoms with Gasteiger partial charge in [-0.05, 0) is 48.9 Å². The average molecular weight is 358 g/mol. The van der Waals surface area contributed by atoms with Crippen LogP contribution in [0, 0.1) is 5.82 Å². The molecule has 6 nitrogen and oxygen atoms in total. The first-order chi connectivity index (χ1) is 12.5. The maximum atomic E-state index is 12.9. The molecule has 0 fully saturated rings. The van der Waals surface area contributed by atoms with Crippen LogP contribution in [0.3, 0.4) is 0 Å². The maximum absolute atomic E-state index is 12.9. The number of amides is 2. The zero-order chi connectivity index (χ0) is 18.5. The molecular formula is C19H19FN2O4. The normalized spacial score (nSPS) is 13.6. The summed E-state index contributed by atoms with van der Waals surface area (Å²) in [6.07, 6.45) is 0. The Morgan fingerprint density at radius 2 is 1.77 bits per heavy atom. The Bertz CT molecular complexity index is 808. The summed E-state index contributed by atoms with van der Waals surface area (Å²) in [6, 6.07) is 10.3. The molecule has 7 heteroatoms. The van der Waals surface area contributed by atoms with Crippen LogP contribution in [0.15, 0.2) is 42.5 Å². The number of carbonyl (C=O) groups excluding carboxylic acids is 2. The molecule has 2 aromatic rings. The molecule has 0 saturated heterocycles. The Morgan fingerprint density at radius 3 is 2.50 bits per heavy atom. The summed E-state index contributed by atoms with van der Waals surface area (Å²) in [7, 11) is 0. The second-order valence-electron chi connectivity index (χ2n) is 5.88. The highest BCUT2D eigenvalue weighted by Crippen LogP contribution is 2.32. The minimum Gasteiger partial charge on any atom is -0.486 e. The van der Waals surface area contributed by atoms with Gasteiger partial charge in [-0.2, -0.15) is 0 Å². The van der Waals surface area contributed by atoms with E-state index >= 15 is 0 Å². The minimum atomic E-state index is -0.438. The van der Waals surface area contributed by atoms with Crippen LogP contribution < -0.4 is 20.1 Å². The lowest BCUT2D eigenvalue weighted by molar-refractivity contribution is -0.120. The molecule has 0 bridgehead atoms. The molecule has 0 aliphatic carbocycles. The number of ether oxygens (including phenoxy) is 2. The molecule has 2 aromatic carbocycles. The van der Waals surface area contributed by atoms with Crippen molar-refractivity contribution in [1.29, 1.82) is 0 Å². The summed E-state index contributed by atoms with van der Waals surface area (Å²) < 4.78 is 23.9. The van der Waals surface area contributed by atoms with Crippen LogP contribution in [-0.2, 0) is 4.79 Å². The summed E-state index contributed by atoms with van der Waals surface area (Å²) in [6.45, 7) is 2.68. The zero-order valence-corrected chi connectivity index (χ0v) is 14.3. The number of carbonyl (C=O) groups is 2. The molecule has 0 spiro atoms. The van der Waals surface area contributed by atoms with Gasteiger partial charge in [-0.15, -0.1) is 0 Å². The van der Waals surface area contributed by atoms with Gasteiger partial charge in [0.05, 0.1) is 12.6 Å². The van der Waals surface area contributed by atoms with Crippen molar-refractivity contribution in [3.05, 3.63) is 59.4 Å². The lowest BCUT2D eigenvalue weighted by Crippen LogP contribution is -2.38. The van der Waals surface area contributed by atoms with E-state index in [2.05, 4.69) is 10.6 Å². The van der Waals surface area contributed by atoms with E-state index in [0.29, 0.717) is 30.3 Å².